The van der Waals surface area contributed by atoms with Gasteiger partial charge in [-0.05, 0) is 30.5 Å². The van der Waals surface area contributed by atoms with E-state index in [2.05, 4.69) is 39.4 Å². The molecule has 9 heteroatoms. The number of thioether (sulfide) groups is 1. The SMILES string of the molecule is CN(C)c1ccc(CN(C[C@H]2CCCO2)C(=O)CSc2nnc(N)s2)cc1. The van der Waals surface area contributed by atoms with Gasteiger partial charge in [-0.3, -0.25) is 4.79 Å². The first kappa shape index (κ1) is 19.9. The fourth-order valence-corrected chi connectivity index (χ4v) is 4.44. The molecule has 3 rings (SSSR count). The quantitative estimate of drug-likeness (QED) is 0.673. The van der Waals surface area contributed by atoms with Gasteiger partial charge in [-0.25, -0.2) is 0 Å². The highest BCUT2D eigenvalue weighted by atomic mass is 32.2. The molecule has 0 saturated carbocycles. The third kappa shape index (κ3) is 5.82. The molecule has 1 aliphatic rings. The summed E-state index contributed by atoms with van der Waals surface area (Å²) in [6.45, 7) is 1.97. The number of benzene rings is 1. The smallest absolute Gasteiger partial charge is 0.233 e. The molecular weight excluding hydrogens is 382 g/mol. The van der Waals surface area contributed by atoms with Gasteiger partial charge in [-0.2, -0.15) is 0 Å². The van der Waals surface area contributed by atoms with Crippen LogP contribution in [0.25, 0.3) is 0 Å². The Labute approximate surface area is 167 Å². The summed E-state index contributed by atoms with van der Waals surface area (Å²) >= 11 is 2.68. The zero-order valence-electron chi connectivity index (χ0n) is 15.6. The summed E-state index contributed by atoms with van der Waals surface area (Å²) < 4.78 is 6.46. The van der Waals surface area contributed by atoms with Crippen LogP contribution in [0.4, 0.5) is 10.8 Å². The molecule has 1 aromatic heterocycles. The van der Waals surface area contributed by atoms with Gasteiger partial charge in [-0.15, -0.1) is 10.2 Å². The zero-order chi connectivity index (χ0) is 19.2. The average molecular weight is 408 g/mol. The summed E-state index contributed by atoms with van der Waals surface area (Å²) in [5.74, 6) is 0.387. The molecule has 1 aromatic carbocycles. The first-order valence-corrected chi connectivity index (χ1v) is 10.7. The van der Waals surface area contributed by atoms with Crippen LogP contribution in [0.2, 0.25) is 0 Å². The summed E-state index contributed by atoms with van der Waals surface area (Å²) in [6.07, 6.45) is 2.18. The largest absolute Gasteiger partial charge is 0.378 e. The summed E-state index contributed by atoms with van der Waals surface area (Å²) in [7, 11) is 4.03. The Kier molecular flexibility index (Phi) is 6.92. The van der Waals surface area contributed by atoms with Crippen molar-refractivity contribution in [3.8, 4) is 0 Å². The van der Waals surface area contributed by atoms with E-state index >= 15 is 0 Å². The highest BCUT2D eigenvalue weighted by Gasteiger charge is 2.23. The lowest BCUT2D eigenvalue weighted by Gasteiger charge is -2.26. The van der Waals surface area contributed by atoms with Gasteiger partial charge in [0.15, 0.2) is 4.34 Å². The standard InChI is InChI=1S/C18H25N5O2S2/c1-22(2)14-7-5-13(6-8-14)10-23(11-15-4-3-9-25-15)16(24)12-26-18-21-20-17(19)27-18/h5-8,15H,3-4,9-12H2,1-2H3,(H2,19,20)/t15-/m1/s1. The van der Waals surface area contributed by atoms with Crippen LogP contribution in [0.5, 0.6) is 0 Å². The number of aromatic nitrogens is 2. The van der Waals surface area contributed by atoms with E-state index in [0.29, 0.717) is 28.3 Å². The molecule has 1 fully saturated rings. The summed E-state index contributed by atoms with van der Waals surface area (Å²) in [5, 5.41) is 8.17. The van der Waals surface area contributed by atoms with Crippen LogP contribution >= 0.6 is 23.1 Å². The number of carbonyl (C=O) groups is 1. The highest BCUT2D eigenvalue weighted by Crippen LogP contribution is 2.24. The Morgan fingerprint density at radius 2 is 2.11 bits per heavy atom. The number of amides is 1. The molecule has 0 aliphatic carbocycles. The van der Waals surface area contributed by atoms with E-state index < -0.39 is 0 Å². The number of ether oxygens (including phenoxy) is 1. The fourth-order valence-electron chi connectivity index (χ4n) is 2.90. The molecule has 27 heavy (non-hydrogen) atoms. The number of hydrogen-bond acceptors (Lipinski definition) is 8. The first-order valence-electron chi connectivity index (χ1n) is 8.88. The minimum absolute atomic E-state index is 0.0703. The number of nitrogens with zero attached hydrogens (tertiary/aromatic N) is 4. The van der Waals surface area contributed by atoms with E-state index in [4.69, 9.17) is 10.5 Å². The third-order valence-electron chi connectivity index (χ3n) is 4.37. The van der Waals surface area contributed by atoms with Crippen molar-refractivity contribution < 1.29 is 9.53 Å². The monoisotopic (exact) mass is 407 g/mol. The minimum Gasteiger partial charge on any atom is -0.378 e. The topological polar surface area (TPSA) is 84.6 Å². The van der Waals surface area contributed by atoms with Crippen molar-refractivity contribution >= 4 is 39.8 Å². The molecular formula is C18H25N5O2S2. The van der Waals surface area contributed by atoms with E-state index in [-0.39, 0.29) is 12.0 Å². The van der Waals surface area contributed by atoms with Gasteiger partial charge >= 0.3 is 0 Å². The number of nitrogen functional groups attached to an aromatic ring is 1. The van der Waals surface area contributed by atoms with Crippen molar-refractivity contribution in [1.29, 1.82) is 0 Å². The van der Waals surface area contributed by atoms with Crippen LogP contribution in [0.15, 0.2) is 28.6 Å². The van der Waals surface area contributed by atoms with Crippen LogP contribution < -0.4 is 10.6 Å². The van der Waals surface area contributed by atoms with Gasteiger partial charge < -0.3 is 20.3 Å². The molecule has 2 heterocycles. The number of carbonyl (C=O) groups excluding carboxylic acids is 1. The molecule has 0 bridgehead atoms. The molecule has 0 spiro atoms. The van der Waals surface area contributed by atoms with E-state index in [1.807, 2.05) is 19.0 Å². The number of rotatable bonds is 8. The molecule has 2 N–H and O–H groups in total. The summed E-state index contributed by atoms with van der Waals surface area (Å²) in [5.41, 5.74) is 7.85. The van der Waals surface area contributed by atoms with Gasteiger partial charge in [0, 0.05) is 39.5 Å². The van der Waals surface area contributed by atoms with Crippen LogP contribution in [-0.2, 0) is 16.1 Å². The molecule has 0 radical (unpaired) electrons. The van der Waals surface area contributed by atoms with Crippen LogP contribution in [0.3, 0.4) is 0 Å². The molecule has 1 atom stereocenters. The second-order valence-corrected chi connectivity index (χ2v) is 8.90. The third-order valence-corrected chi connectivity index (χ3v) is 6.24. The number of hydrogen-bond donors (Lipinski definition) is 1. The Morgan fingerprint density at radius 3 is 2.70 bits per heavy atom. The van der Waals surface area contributed by atoms with Crippen molar-refractivity contribution in [2.24, 2.45) is 0 Å². The second kappa shape index (κ2) is 9.38. The van der Waals surface area contributed by atoms with Crippen molar-refractivity contribution in [3.63, 3.8) is 0 Å². The Morgan fingerprint density at radius 1 is 1.33 bits per heavy atom. The number of nitrogens with two attached hydrogens (primary N) is 1. The zero-order valence-corrected chi connectivity index (χ0v) is 17.3. The molecule has 146 valence electrons. The Bertz CT molecular complexity index is 744. The minimum atomic E-state index is 0.0703. The first-order chi connectivity index (χ1) is 13.0. The van der Waals surface area contributed by atoms with E-state index in [1.54, 1.807) is 0 Å². The molecule has 1 aliphatic heterocycles. The molecule has 1 amide bonds. The van der Waals surface area contributed by atoms with E-state index in [1.165, 1.54) is 23.1 Å². The lowest BCUT2D eigenvalue weighted by Crippen LogP contribution is -2.38. The van der Waals surface area contributed by atoms with Crippen LogP contribution in [-0.4, -0.2) is 60.1 Å². The summed E-state index contributed by atoms with van der Waals surface area (Å²) in [6, 6.07) is 8.29. The average Bonchev–Trinajstić information content (AvgIpc) is 3.31. The van der Waals surface area contributed by atoms with Crippen molar-refractivity contribution in [1.82, 2.24) is 15.1 Å². The second-order valence-electron chi connectivity index (χ2n) is 6.67. The fraction of sp³-hybridized carbons (Fsp3) is 0.500. The van der Waals surface area contributed by atoms with Gasteiger partial charge in [-0.1, -0.05) is 35.2 Å². The summed E-state index contributed by atoms with van der Waals surface area (Å²) in [4.78, 5) is 16.8. The van der Waals surface area contributed by atoms with Crippen molar-refractivity contribution in [2.75, 3.05) is 43.6 Å². The van der Waals surface area contributed by atoms with Crippen molar-refractivity contribution in [2.45, 2.75) is 29.8 Å². The highest BCUT2D eigenvalue weighted by molar-refractivity contribution is 8.01. The van der Waals surface area contributed by atoms with Gasteiger partial charge in [0.2, 0.25) is 11.0 Å². The predicted molar refractivity (Wildman–Crippen MR) is 110 cm³/mol. The lowest BCUT2D eigenvalue weighted by atomic mass is 10.1. The molecule has 1 saturated heterocycles. The Balaban J connectivity index is 1.64. The maximum absolute atomic E-state index is 12.9. The van der Waals surface area contributed by atoms with Crippen molar-refractivity contribution in [3.05, 3.63) is 29.8 Å². The maximum atomic E-state index is 12.9. The van der Waals surface area contributed by atoms with Crippen LogP contribution in [0.1, 0.15) is 18.4 Å². The Hall–Kier alpha value is -1.84. The molecule has 0 unspecified atom stereocenters. The molecule has 2 aromatic rings. The van der Waals surface area contributed by atoms with Gasteiger partial charge in [0.05, 0.1) is 11.9 Å². The number of anilines is 2. The van der Waals surface area contributed by atoms with E-state index in [0.717, 1.165) is 30.7 Å². The maximum Gasteiger partial charge on any atom is 0.233 e. The molecule has 7 nitrogen and oxygen atoms in total. The van der Waals surface area contributed by atoms with Gasteiger partial charge in [0.1, 0.15) is 0 Å². The predicted octanol–water partition coefficient (Wildman–Crippen LogP) is 2.49. The normalized spacial score (nSPS) is 16.4. The van der Waals surface area contributed by atoms with E-state index in [9.17, 15) is 4.79 Å². The van der Waals surface area contributed by atoms with Crippen LogP contribution in [0, 0.1) is 0 Å². The lowest BCUT2D eigenvalue weighted by molar-refractivity contribution is -0.130. The van der Waals surface area contributed by atoms with Gasteiger partial charge in [0.25, 0.3) is 0 Å².